The molecule has 1 aromatic carbocycles. The summed E-state index contributed by atoms with van der Waals surface area (Å²) >= 11 is 0. The van der Waals surface area contributed by atoms with Gasteiger partial charge in [-0.25, -0.2) is 0 Å². The molecular formula is C10H12N2O. The molecule has 3 heteroatoms. The molecule has 0 unspecified atom stereocenters. The van der Waals surface area contributed by atoms with Crippen LogP contribution >= 0.6 is 0 Å². The molecule has 0 spiro atoms. The van der Waals surface area contributed by atoms with Gasteiger partial charge in [0.15, 0.2) is 5.76 Å². The van der Waals surface area contributed by atoms with Gasteiger partial charge in [0.2, 0.25) is 0 Å². The fraction of sp³-hybridized carbons (Fsp3) is 0.100. The number of nitrogens with two attached hydrogens (primary N) is 1. The van der Waals surface area contributed by atoms with Crippen molar-refractivity contribution >= 4 is 6.21 Å². The number of nitrogens with one attached hydrogen (secondary N) is 1. The second-order valence-electron chi connectivity index (χ2n) is 2.49. The SMILES string of the molecule is N=C/C(=C\N)OCc1ccccc1. The van der Waals surface area contributed by atoms with Crippen LogP contribution in [0.15, 0.2) is 42.3 Å². The van der Waals surface area contributed by atoms with Gasteiger partial charge < -0.3 is 15.9 Å². The zero-order chi connectivity index (χ0) is 9.52. The first-order valence-corrected chi connectivity index (χ1v) is 3.96. The molecule has 0 amide bonds. The van der Waals surface area contributed by atoms with Gasteiger partial charge in [0.1, 0.15) is 6.61 Å². The molecule has 0 bridgehead atoms. The van der Waals surface area contributed by atoms with Gasteiger partial charge in [-0.3, -0.25) is 0 Å². The Morgan fingerprint density at radius 2 is 2.08 bits per heavy atom. The maximum absolute atomic E-state index is 6.93. The first-order valence-electron chi connectivity index (χ1n) is 3.96. The van der Waals surface area contributed by atoms with Crippen LogP contribution in [0.3, 0.4) is 0 Å². The van der Waals surface area contributed by atoms with Crippen LogP contribution in [0.2, 0.25) is 0 Å². The first-order chi connectivity index (χ1) is 6.36. The Kier molecular flexibility index (Phi) is 3.57. The van der Waals surface area contributed by atoms with E-state index < -0.39 is 0 Å². The lowest BCUT2D eigenvalue weighted by atomic mass is 10.2. The smallest absolute Gasteiger partial charge is 0.152 e. The third kappa shape index (κ3) is 2.99. The zero-order valence-electron chi connectivity index (χ0n) is 7.23. The van der Waals surface area contributed by atoms with E-state index in [9.17, 15) is 0 Å². The van der Waals surface area contributed by atoms with Crippen LogP contribution in [-0.4, -0.2) is 6.21 Å². The minimum Gasteiger partial charge on any atom is -0.486 e. The zero-order valence-corrected chi connectivity index (χ0v) is 7.23. The summed E-state index contributed by atoms with van der Waals surface area (Å²) in [4.78, 5) is 0. The van der Waals surface area contributed by atoms with Crippen LogP contribution in [-0.2, 0) is 11.3 Å². The van der Waals surface area contributed by atoms with Crippen LogP contribution in [0.4, 0.5) is 0 Å². The second-order valence-corrected chi connectivity index (χ2v) is 2.49. The van der Waals surface area contributed by atoms with Crippen molar-refractivity contribution in [1.82, 2.24) is 0 Å². The van der Waals surface area contributed by atoms with E-state index in [0.717, 1.165) is 11.8 Å². The van der Waals surface area contributed by atoms with Gasteiger partial charge in [-0.1, -0.05) is 30.3 Å². The summed E-state index contributed by atoms with van der Waals surface area (Å²) in [5.74, 6) is 0.379. The van der Waals surface area contributed by atoms with Gasteiger partial charge in [-0.15, -0.1) is 0 Å². The number of allylic oxidation sites excluding steroid dienone is 1. The van der Waals surface area contributed by atoms with Crippen molar-refractivity contribution in [2.24, 2.45) is 5.73 Å². The highest BCUT2D eigenvalue weighted by atomic mass is 16.5. The summed E-state index contributed by atoms with van der Waals surface area (Å²) in [6.45, 7) is 0.444. The van der Waals surface area contributed by atoms with Crippen molar-refractivity contribution < 1.29 is 4.74 Å². The standard InChI is InChI=1S/C10H12N2O/c11-6-10(7-12)13-8-9-4-2-1-3-5-9/h1-7,11H,8,12H2/b10-7+,11-6?. The van der Waals surface area contributed by atoms with Gasteiger partial charge in [0.05, 0.1) is 6.21 Å². The van der Waals surface area contributed by atoms with E-state index >= 15 is 0 Å². The summed E-state index contributed by atoms with van der Waals surface area (Å²) in [7, 11) is 0. The molecule has 0 aliphatic rings. The Labute approximate surface area is 77.3 Å². The molecule has 68 valence electrons. The third-order valence-corrected chi connectivity index (χ3v) is 1.55. The second kappa shape index (κ2) is 4.98. The summed E-state index contributed by atoms with van der Waals surface area (Å²) in [6, 6.07) is 9.74. The van der Waals surface area contributed by atoms with E-state index in [0.29, 0.717) is 12.4 Å². The van der Waals surface area contributed by atoms with Crippen LogP contribution in [0, 0.1) is 5.41 Å². The minimum absolute atomic E-state index is 0.379. The maximum atomic E-state index is 6.93. The van der Waals surface area contributed by atoms with Gasteiger partial charge in [0, 0.05) is 6.20 Å². The quantitative estimate of drug-likeness (QED) is 0.541. The van der Waals surface area contributed by atoms with Gasteiger partial charge in [0.25, 0.3) is 0 Å². The van der Waals surface area contributed by atoms with Gasteiger partial charge >= 0.3 is 0 Å². The van der Waals surface area contributed by atoms with Crippen molar-refractivity contribution in [1.29, 1.82) is 5.41 Å². The molecule has 1 rings (SSSR count). The molecule has 0 saturated heterocycles. The molecule has 0 aliphatic carbocycles. The fourth-order valence-corrected chi connectivity index (χ4v) is 0.879. The Morgan fingerprint density at radius 1 is 1.38 bits per heavy atom. The highest BCUT2D eigenvalue weighted by molar-refractivity contribution is 5.72. The van der Waals surface area contributed by atoms with Crippen LogP contribution in [0.5, 0.6) is 0 Å². The molecule has 0 saturated carbocycles. The number of hydrogen-bond donors (Lipinski definition) is 2. The third-order valence-electron chi connectivity index (χ3n) is 1.55. The average Bonchev–Trinajstić information content (AvgIpc) is 2.21. The summed E-state index contributed by atoms with van der Waals surface area (Å²) in [6.07, 6.45) is 2.36. The van der Waals surface area contributed by atoms with Crippen LogP contribution in [0.1, 0.15) is 5.56 Å². The number of rotatable bonds is 4. The molecule has 13 heavy (non-hydrogen) atoms. The van der Waals surface area contributed by atoms with Crippen molar-refractivity contribution in [2.75, 3.05) is 0 Å². The molecule has 3 N–H and O–H groups in total. The van der Waals surface area contributed by atoms with E-state index in [1.54, 1.807) is 0 Å². The molecule has 1 aromatic rings. The highest BCUT2D eigenvalue weighted by Gasteiger charge is 1.93. The van der Waals surface area contributed by atoms with Crippen molar-refractivity contribution in [3.05, 3.63) is 47.9 Å². The Bertz CT molecular complexity index is 293. The van der Waals surface area contributed by atoms with E-state index in [-0.39, 0.29) is 0 Å². The molecule has 0 atom stereocenters. The predicted octanol–water partition coefficient (Wildman–Crippen LogP) is 1.65. The molecular weight excluding hydrogens is 164 g/mol. The topological polar surface area (TPSA) is 59.1 Å². The lowest BCUT2D eigenvalue weighted by Gasteiger charge is -2.04. The lowest BCUT2D eigenvalue weighted by molar-refractivity contribution is 0.218. The van der Waals surface area contributed by atoms with Gasteiger partial charge in [-0.05, 0) is 5.56 Å². The molecule has 3 nitrogen and oxygen atoms in total. The normalized spacial score (nSPS) is 10.9. The van der Waals surface area contributed by atoms with Crippen molar-refractivity contribution in [3.63, 3.8) is 0 Å². The Balaban J connectivity index is 2.48. The largest absolute Gasteiger partial charge is 0.486 e. The number of ether oxygens (including phenoxy) is 1. The van der Waals surface area contributed by atoms with Crippen molar-refractivity contribution in [2.45, 2.75) is 6.61 Å². The Morgan fingerprint density at radius 3 is 2.62 bits per heavy atom. The van der Waals surface area contributed by atoms with Crippen LogP contribution < -0.4 is 5.73 Å². The summed E-state index contributed by atoms with van der Waals surface area (Å²) < 4.78 is 5.22. The molecule has 0 radical (unpaired) electrons. The average molecular weight is 176 g/mol. The summed E-state index contributed by atoms with van der Waals surface area (Å²) in [5.41, 5.74) is 6.27. The fourth-order valence-electron chi connectivity index (χ4n) is 0.879. The van der Waals surface area contributed by atoms with E-state index in [1.807, 2.05) is 30.3 Å². The van der Waals surface area contributed by atoms with Crippen LogP contribution in [0.25, 0.3) is 0 Å². The molecule has 0 fully saturated rings. The highest BCUT2D eigenvalue weighted by Crippen LogP contribution is 2.03. The minimum atomic E-state index is 0.379. The monoisotopic (exact) mass is 176 g/mol. The van der Waals surface area contributed by atoms with Gasteiger partial charge in [-0.2, -0.15) is 0 Å². The summed E-state index contributed by atoms with van der Waals surface area (Å²) in [5, 5.41) is 6.93. The number of benzene rings is 1. The predicted molar refractivity (Wildman–Crippen MR) is 52.3 cm³/mol. The van der Waals surface area contributed by atoms with E-state index in [4.69, 9.17) is 15.9 Å². The lowest BCUT2D eigenvalue weighted by Crippen LogP contribution is -1.97. The molecule has 0 aromatic heterocycles. The first kappa shape index (κ1) is 9.32. The molecule has 0 aliphatic heterocycles. The number of hydrogen-bond acceptors (Lipinski definition) is 3. The molecule has 0 heterocycles. The van der Waals surface area contributed by atoms with E-state index in [2.05, 4.69) is 0 Å². The maximum Gasteiger partial charge on any atom is 0.152 e. The Hall–Kier alpha value is -1.77. The van der Waals surface area contributed by atoms with Crippen molar-refractivity contribution in [3.8, 4) is 0 Å². The van der Waals surface area contributed by atoms with E-state index in [1.165, 1.54) is 6.20 Å².